The van der Waals surface area contributed by atoms with Crippen molar-refractivity contribution >= 4 is 36.2 Å². The van der Waals surface area contributed by atoms with Gasteiger partial charge in [-0.05, 0) is 96.1 Å². The molecule has 0 saturated heterocycles. The van der Waals surface area contributed by atoms with Gasteiger partial charge < -0.3 is 0 Å². The highest BCUT2D eigenvalue weighted by Crippen LogP contribution is 2.71. The topological polar surface area (TPSA) is 86.7 Å². The molecule has 0 heterocycles. The van der Waals surface area contributed by atoms with Gasteiger partial charge in [0.05, 0.1) is 15.5 Å². The van der Waals surface area contributed by atoms with Crippen molar-refractivity contribution in [3.05, 3.63) is 29.8 Å². The van der Waals surface area contributed by atoms with E-state index in [1.165, 1.54) is 31.2 Å². The van der Waals surface area contributed by atoms with Gasteiger partial charge in [0.1, 0.15) is 0 Å². The summed E-state index contributed by atoms with van der Waals surface area (Å²) in [5.41, 5.74) is -9.67. The Morgan fingerprint density at radius 1 is 0.482 bits per heavy atom. The van der Waals surface area contributed by atoms with Gasteiger partial charge >= 0.3 is 35.5 Å². The van der Waals surface area contributed by atoms with E-state index in [9.17, 15) is 69.5 Å². The Labute approximate surface area is 326 Å². The van der Waals surface area contributed by atoms with Crippen LogP contribution in [0.4, 0.5) is 52.7 Å². The van der Waals surface area contributed by atoms with Gasteiger partial charge in [-0.15, -0.1) is 0 Å². The fourth-order valence-electron chi connectivity index (χ4n) is 9.01. The van der Waals surface area contributed by atoms with E-state index < -0.39 is 100 Å². The molecule has 1 aromatic rings. The lowest BCUT2D eigenvalue weighted by Gasteiger charge is -2.58. The van der Waals surface area contributed by atoms with Gasteiger partial charge in [0.15, 0.2) is 11.2 Å². The van der Waals surface area contributed by atoms with Crippen LogP contribution >= 0.6 is 15.9 Å². The summed E-state index contributed by atoms with van der Waals surface area (Å²) in [4.78, 5) is -0.319. The fraction of sp³-hybridized carbons (Fsp3) is 0.829. The molecule has 0 aromatic heterocycles. The lowest BCUT2D eigenvalue weighted by atomic mass is 9.55. The molecule has 0 unspecified atom stereocenters. The van der Waals surface area contributed by atoms with E-state index in [1.54, 1.807) is 6.92 Å². The van der Waals surface area contributed by atoms with Crippen molar-refractivity contribution in [2.45, 2.75) is 161 Å². The molecule has 21 heteroatoms. The maximum atomic E-state index is 14.5. The lowest BCUT2D eigenvalue weighted by molar-refractivity contribution is -0.371. The van der Waals surface area contributed by atoms with Crippen LogP contribution in [0, 0.1) is 23.2 Å². The van der Waals surface area contributed by atoms with Gasteiger partial charge in [0.2, 0.25) is 0 Å². The van der Waals surface area contributed by atoms with Crippen LogP contribution in [0.25, 0.3) is 0 Å². The average Bonchev–Trinajstić information content (AvgIpc) is 3.06. The van der Waals surface area contributed by atoms with Gasteiger partial charge in [-0.25, -0.2) is 0 Å². The third kappa shape index (κ3) is 6.28. The molecule has 6 bridgehead atoms. The molecule has 0 amide bonds. The Morgan fingerprint density at radius 3 is 1.11 bits per heavy atom. The normalized spacial score (nSPS) is 40.5. The summed E-state index contributed by atoms with van der Waals surface area (Å²) >= 11 is 2.82. The van der Waals surface area contributed by atoms with Gasteiger partial charge in [0.25, 0.3) is 20.2 Å². The van der Waals surface area contributed by atoms with E-state index in [-0.39, 0.29) is 69.1 Å². The minimum Gasteiger partial charge on any atom is -0.257 e. The maximum Gasteiger partial charge on any atom is 0.340 e. The number of hydrogen-bond acceptors (Lipinski definition) is 6. The van der Waals surface area contributed by atoms with Crippen molar-refractivity contribution in [1.82, 2.24) is 0 Å². The molecule has 322 valence electrons. The molecule has 9 fully saturated rings. The quantitative estimate of drug-likeness (QED) is 0.166. The second kappa shape index (κ2) is 13.1. The molecular weight excluding hydrogens is 888 g/mol. The first kappa shape index (κ1) is 45.8. The number of halogens is 13. The molecule has 0 radical (unpaired) electrons. The minimum absolute atomic E-state index is 0.131. The Balaban J connectivity index is 0.000000167. The molecule has 1 aromatic carbocycles. The Hall–Kier alpha value is -1.32. The predicted octanol–water partition coefficient (Wildman–Crippen LogP) is 10.9. The first-order valence-corrected chi connectivity index (χ1v) is 21.8. The van der Waals surface area contributed by atoms with Crippen LogP contribution < -0.4 is 0 Å². The Kier molecular flexibility index (Phi) is 10.7. The number of alkyl halides is 13. The molecule has 0 aliphatic heterocycles. The molecule has 56 heavy (non-hydrogen) atoms. The predicted molar refractivity (Wildman–Crippen MR) is 182 cm³/mol. The number of aryl methyl sites for hydroxylation is 1. The molecule has 10 rings (SSSR count). The van der Waals surface area contributed by atoms with Gasteiger partial charge in [-0.2, -0.15) is 69.5 Å². The minimum atomic E-state index is -4.58. The van der Waals surface area contributed by atoms with Gasteiger partial charge in [0, 0.05) is 16.2 Å². The summed E-state index contributed by atoms with van der Waals surface area (Å²) < 4.78 is 222. The van der Waals surface area contributed by atoms with E-state index in [1.807, 2.05) is 0 Å². The average molecular weight is 932 g/mol. The molecule has 9 aliphatic rings. The lowest BCUT2D eigenvalue weighted by Crippen LogP contribution is -2.73. The highest BCUT2D eigenvalue weighted by atomic mass is 79.9. The molecular formula is C35H43BrF12O6S2. The highest BCUT2D eigenvalue weighted by Gasteiger charge is 2.83. The summed E-state index contributed by atoms with van der Waals surface area (Å²) in [6.07, 6.45) is -1.17. The number of rotatable bonds is 5. The Morgan fingerprint density at radius 2 is 0.786 bits per heavy atom. The highest BCUT2D eigenvalue weighted by molar-refractivity contribution is 9.10. The molecule has 0 atom stereocenters. The van der Waals surface area contributed by atoms with Gasteiger partial charge in [-0.1, -0.05) is 54.4 Å². The van der Waals surface area contributed by atoms with E-state index in [0.29, 0.717) is 6.26 Å². The first-order chi connectivity index (χ1) is 24.9. The van der Waals surface area contributed by atoms with Crippen LogP contribution in [0.1, 0.15) is 103 Å². The fourth-order valence-corrected chi connectivity index (χ4v) is 11.8. The zero-order valence-electron chi connectivity index (χ0n) is 31.0. The van der Waals surface area contributed by atoms with Crippen LogP contribution in [0.3, 0.4) is 0 Å². The Bertz CT molecular complexity index is 1870. The number of benzene rings is 1. The van der Waals surface area contributed by atoms with Crippen LogP contribution in [0.5, 0.6) is 0 Å². The SMILES string of the molecule is CC12CCC(Br)(CC1)C(F)(F)C2(F)F.CC12CCC(OS(C)(=O)=O)(CC1)C(F)(F)C2(F)F.Cc1ccc(S(=O)(=O)OC23CCC(C)(CC2)C(F)(F)C3(F)F)cc1. The smallest absolute Gasteiger partial charge is 0.257 e. The molecule has 9 saturated carbocycles. The molecule has 9 aliphatic carbocycles. The van der Waals surface area contributed by atoms with Gasteiger partial charge in [-0.3, -0.25) is 8.37 Å². The van der Waals surface area contributed by atoms with Crippen molar-refractivity contribution in [3.63, 3.8) is 0 Å². The molecule has 0 N–H and O–H groups in total. The summed E-state index contributed by atoms with van der Waals surface area (Å²) in [5.74, 6) is -25.4. The van der Waals surface area contributed by atoms with Crippen LogP contribution in [-0.2, 0) is 28.6 Å². The zero-order valence-corrected chi connectivity index (χ0v) is 34.2. The maximum absolute atomic E-state index is 14.5. The van der Waals surface area contributed by atoms with Crippen LogP contribution in [-0.4, -0.2) is 74.2 Å². The number of hydrogen-bond donors (Lipinski definition) is 0. The second-order valence-electron chi connectivity index (χ2n) is 17.2. The van der Waals surface area contributed by atoms with E-state index in [2.05, 4.69) is 20.1 Å². The second-order valence-corrected chi connectivity index (χ2v) is 21.9. The van der Waals surface area contributed by atoms with Crippen molar-refractivity contribution in [2.24, 2.45) is 16.2 Å². The third-order valence-corrected chi connectivity index (χ3v) is 16.8. The van der Waals surface area contributed by atoms with Crippen molar-refractivity contribution < 1.29 is 77.9 Å². The first-order valence-electron chi connectivity index (χ1n) is 17.8. The standard InChI is InChI=1S/C16H18F4O3S.C10H14F4O3S.C9H11BrF4/c1-11-3-5-12(6-4-11)24(21,22)23-14-9-7-13(2,8-10-14)15(17,18)16(14,19)20;1-7-3-5-8(6-4-7,17-18(2,15)16)10(13,14)9(7,11)12;1-6-2-4-7(10,5-3-6)9(13,14)8(6,11)12/h3-6H,7-10H2,1-2H3;3-6H2,1-2H3;2-5H2,1H3. The van der Waals surface area contributed by atoms with Crippen molar-refractivity contribution in [2.75, 3.05) is 6.26 Å². The van der Waals surface area contributed by atoms with E-state index >= 15 is 0 Å². The monoisotopic (exact) mass is 930 g/mol. The van der Waals surface area contributed by atoms with Crippen LogP contribution in [0.2, 0.25) is 0 Å². The summed E-state index contributed by atoms with van der Waals surface area (Å²) in [5, 5.41) is 0. The van der Waals surface area contributed by atoms with Crippen LogP contribution in [0.15, 0.2) is 29.2 Å². The molecule has 6 nitrogen and oxygen atoms in total. The van der Waals surface area contributed by atoms with E-state index in [0.717, 1.165) is 19.4 Å². The molecule has 0 spiro atoms. The summed E-state index contributed by atoms with van der Waals surface area (Å²) in [6, 6.07) is 5.40. The summed E-state index contributed by atoms with van der Waals surface area (Å²) in [7, 11) is -8.80. The van der Waals surface area contributed by atoms with E-state index in [4.69, 9.17) is 4.18 Å². The number of fused-ring (bicyclic) bond motifs is 9. The zero-order chi connectivity index (χ0) is 42.9. The largest absolute Gasteiger partial charge is 0.340 e. The van der Waals surface area contributed by atoms with Crippen molar-refractivity contribution in [1.29, 1.82) is 0 Å². The summed E-state index contributed by atoms with van der Waals surface area (Å²) in [6.45, 7) is 5.24. The third-order valence-electron chi connectivity index (χ3n) is 13.5. The van der Waals surface area contributed by atoms with Crippen molar-refractivity contribution in [3.8, 4) is 0 Å².